The van der Waals surface area contributed by atoms with Crippen molar-refractivity contribution in [2.24, 2.45) is 5.73 Å². The van der Waals surface area contributed by atoms with E-state index < -0.39 is 11.7 Å². The summed E-state index contributed by atoms with van der Waals surface area (Å²) in [6.45, 7) is 8.57. The molecule has 2 amide bonds. The molecule has 0 aromatic heterocycles. The molecule has 7 nitrogen and oxygen atoms in total. The van der Waals surface area contributed by atoms with Gasteiger partial charge in [-0.15, -0.1) is 24.8 Å². The third kappa shape index (κ3) is 8.37. The van der Waals surface area contributed by atoms with Crippen molar-refractivity contribution < 1.29 is 19.8 Å². The van der Waals surface area contributed by atoms with Gasteiger partial charge in [-0.05, 0) is 33.1 Å². The Morgan fingerprint density at radius 1 is 1.17 bits per heavy atom. The maximum absolute atomic E-state index is 11.9. The molecule has 2 atom stereocenters. The molecule has 2 aliphatic rings. The van der Waals surface area contributed by atoms with Crippen LogP contribution in [-0.4, -0.2) is 69.3 Å². The fourth-order valence-electron chi connectivity index (χ4n) is 3.19. The molecule has 0 spiro atoms. The summed E-state index contributed by atoms with van der Waals surface area (Å²) >= 11 is 0. The number of piperazine rings is 1. The molecule has 2 rings (SSSR count). The minimum atomic E-state index is -1.33. The molecule has 2 saturated heterocycles. The van der Waals surface area contributed by atoms with Crippen LogP contribution in [0.5, 0.6) is 0 Å². The number of carboxylic acid groups (broad SMARTS) is 1. The van der Waals surface area contributed by atoms with Gasteiger partial charge in [0.05, 0.1) is 5.60 Å². The SMILES string of the molecule is CCC(=O)N1C2CCC1CN(CCC(C)(C)O)C2.Cl.Cl.NC(=O)O. The maximum Gasteiger partial charge on any atom is 0.402 e. The molecule has 2 heterocycles. The molecule has 4 N–H and O–H groups in total. The number of nitrogens with zero attached hydrogens (tertiary/aromatic N) is 2. The molecule has 2 aliphatic heterocycles. The van der Waals surface area contributed by atoms with E-state index >= 15 is 0 Å². The Kier molecular flexibility index (Phi) is 11.6. The molecule has 144 valence electrons. The highest BCUT2D eigenvalue weighted by atomic mass is 35.5. The highest BCUT2D eigenvalue weighted by Crippen LogP contribution is 2.31. The van der Waals surface area contributed by atoms with E-state index in [1.807, 2.05) is 20.8 Å². The van der Waals surface area contributed by atoms with Gasteiger partial charge in [0, 0.05) is 38.1 Å². The van der Waals surface area contributed by atoms with Gasteiger partial charge in [-0.2, -0.15) is 0 Å². The Bertz CT molecular complexity index is 387. The van der Waals surface area contributed by atoms with E-state index in [9.17, 15) is 9.90 Å². The molecule has 2 bridgehead atoms. The molecule has 2 fully saturated rings. The van der Waals surface area contributed by atoms with Crippen molar-refractivity contribution in [3.05, 3.63) is 0 Å². The first kappa shape index (κ1) is 25.5. The average Bonchev–Trinajstić information content (AvgIpc) is 2.65. The first-order chi connectivity index (χ1) is 10.1. The quantitative estimate of drug-likeness (QED) is 0.680. The second-order valence-electron chi connectivity index (χ2n) is 6.70. The van der Waals surface area contributed by atoms with Crippen molar-refractivity contribution in [3.8, 4) is 0 Å². The third-order valence-corrected chi connectivity index (χ3v) is 4.19. The second-order valence-corrected chi connectivity index (χ2v) is 6.70. The number of halogens is 2. The minimum Gasteiger partial charge on any atom is -0.465 e. The summed E-state index contributed by atoms with van der Waals surface area (Å²) in [6.07, 6.45) is 2.38. The number of fused-ring (bicyclic) bond motifs is 2. The van der Waals surface area contributed by atoms with Crippen molar-refractivity contribution >= 4 is 36.8 Å². The number of likely N-dealkylation sites (tertiary alicyclic amines) is 1. The highest BCUT2D eigenvalue weighted by Gasteiger charge is 2.41. The Hall–Kier alpha value is -0.760. The van der Waals surface area contributed by atoms with Crippen molar-refractivity contribution in [1.29, 1.82) is 0 Å². The van der Waals surface area contributed by atoms with Crippen molar-refractivity contribution in [2.45, 2.75) is 64.1 Å². The molecular weight excluding hydrogens is 357 g/mol. The van der Waals surface area contributed by atoms with E-state index in [0.717, 1.165) is 38.9 Å². The number of hydrogen-bond donors (Lipinski definition) is 3. The summed E-state index contributed by atoms with van der Waals surface area (Å²) in [4.78, 5) is 25.2. The monoisotopic (exact) mass is 387 g/mol. The summed E-state index contributed by atoms with van der Waals surface area (Å²) in [5, 5.41) is 17.0. The molecule has 2 unspecified atom stereocenters. The van der Waals surface area contributed by atoms with E-state index in [-0.39, 0.29) is 24.8 Å². The molecule has 24 heavy (non-hydrogen) atoms. The predicted molar refractivity (Wildman–Crippen MR) is 98.0 cm³/mol. The summed E-state index contributed by atoms with van der Waals surface area (Å²) in [7, 11) is 0. The summed E-state index contributed by atoms with van der Waals surface area (Å²) in [5.74, 6) is 0.310. The Balaban J connectivity index is 0. The number of rotatable bonds is 4. The van der Waals surface area contributed by atoms with Gasteiger partial charge in [0.1, 0.15) is 0 Å². The lowest BCUT2D eigenvalue weighted by Gasteiger charge is -2.41. The van der Waals surface area contributed by atoms with Gasteiger partial charge in [-0.1, -0.05) is 6.92 Å². The standard InChI is InChI=1S/C14H26N2O2.CH3NO2.2ClH/c1-4-13(17)16-11-5-6-12(16)10-15(9-11)8-7-14(2,3)18;2-1(3)4;;/h11-12,18H,4-10H2,1-3H3;2H2,(H,3,4);2*1H. The van der Waals surface area contributed by atoms with Crippen LogP contribution in [0.1, 0.15) is 46.5 Å². The normalized spacial score (nSPS) is 22.6. The van der Waals surface area contributed by atoms with Gasteiger partial charge < -0.3 is 20.8 Å². The van der Waals surface area contributed by atoms with Gasteiger partial charge in [0.15, 0.2) is 0 Å². The fourth-order valence-corrected chi connectivity index (χ4v) is 3.19. The lowest BCUT2D eigenvalue weighted by molar-refractivity contribution is -0.136. The molecule has 0 saturated carbocycles. The number of amides is 2. The largest absolute Gasteiger partial charge is 0.465 e. The number of primary amides is 1. The van der Waals surface area contributed by atoms with E-state index in [4.69, 9.17) is 9.90 Å². The molecule has 0 aliphatic carbocycles. The molecule has 9 heteroatoms. The number of carbonyl (C=O) groups excluding carboxylic acids is 1. The van der Waals surface area contributed by atoms with Crippen molar-refractivity contribution in [1.82, 2.24) is 9.80 Å². The molecule has 0 radical (unpaired) electrons. The number of nitrogens with two attached hydrogens (primary N) is 1. The first-order valence-electron chi connectivity index (χ1n) is 7.88. The zero-order chi connectivity index (χ0) is 16.9. The van der Waals surface area contributed by atoms with Crippen LogP contribution < -0.4 is 5.73 Å². The van der Waals surface area contributed by atoms with Gasteiger partial charge in [-0.3, -0.25) is 9.69 Å². The van der Waals surface area contributed by atoms with Crippen LogP contribution in [0.3, 0.4) is 0 Å². The van der Waals surface area contributed by atoms with E-state index in [2.05, 4.69) is 15.5 Å². The van der Waals surface area contributed by atoms with Gasteiger partial charge in [0.2, 0.25) is 5.91 Å². The first-order valence-corrected chi connectivity index (χ1v) is 7.88. The Labute approximate surface area is 156 Å². The fraction of sp³-hybridized carbons (Fsp3) is 0.867. The lowest BCUT2D eigenvalue weighted by atomic mass is 10.0. The van der Waals surface area contributed by atoms with Crippen LogP contribution in [0.4, 0.5) is 4.79 Å². The van der Waals surface area contributed by atoms with Crippen LogP contribution in [0.2, 0.25) is 0 Å². The summed E-state index contributed by atoms with van der Waals surface area (Å²) in [6, 6.07) is 0.830. The molecule has 0 aromatic rings. The number of hydrogen-bond acceptors (Lipinski definition) is 4. The highest BCUT2D eigenvalue weighted by molar-refractivity contribution is 5.85. The smallest absolute Gasteiger partial charge is 0.402 e. The lowest BCUT2D eigenvalue weighted by Crippen LogP contribution is -2.56. The molecule has 0 aromatic carbocycles. The van der Waals surface area contributed by atoms with E-state index in [0.29, 0.717) is 24.4 Å². The maximum atomic E-state index is 11.9. The van der Waals surface area contributed by atoms with E-state index in [1.165, 1.54) is 0 Å². The predicted octanol–water partition coefficient (Wildman–Crippen LogP) is 1.70. The number of carbonyl (C=O) groups is 2. The zero-order valence-electron chi connectivity index (χ0n) is 14.6. The van der Waals surface area contributed by atoms with Crippen LogP contribution >= 0.6 is 24.8 Å². The van der Waals surface area contributed by atoms with Crippen LogP contribution in [0, 0.1) is 0 Å². The van der Waals surface area contributed by atoms with Crippen LogP contribution in [0.15, 0.2) is 0 Å². The molecular formula is C15H31Cl2N3O4. The van der Waals surface area contributed by atoms with E-state index in [1.54, 1.807) is 0 Å². The van der Waals surface area contributed by atoms with Crippen molar-refractivity contribution in [3.63, 3.8) is 0 Å². The average molecular weight is 388 g/mol. The van der Waals surface area contributed by atoms with Gasteiger partial charge in [-0.25, -0.2) is 4.79 Å². The third-order valence-electron chi connectivity index (χ3n) is 4.19. The topological polar surface area (TPSA) is 107 Å². The Morgan fingerprint density at radius 3 is 1.92 bits per heavy atom. The van der Waals surface area contributed by atoms with Crippen LogP contribution in [0.25, 0.3) is 0 Å². The number of aliphatic hydroxyl groups is 1. The second kappa shape index (κ2) is 11.0. The summed E-state index contributed by atoms with van der Waals surface area (Å²) < 4.78 is 0. The van der Waals surface area contributed by atoms with Crippen molar-refractivity contribution in [2.75, 3.05) is 19.6 Å². The van der Waals surface area contributed by atoms with Crippen LogP contribution in [-0.2, 0) is 4.79 Å². The Morgan fingerprint density at radius 2 is 1.58 bits per heavy atom. The van der Waals surface area contributed by atoms with Gasteiger partial charge >= 0.3 is 6.09 Å². The zero-order valence-corrected chi connectivity index (χ0v) is 16.2. The minimum absolute atomic E-state index is 0. The van der Waals surface area contributed by atoms with Gasteiger partial charge in [0.25, 0.3) is 0 Å². The summed E-state index contributed by atoms with van der Waals surface area (Å²) in [5.41, 5.74) is 3.44.